The molecule has 1 rings (SSSR count). The lowest BCUT2D eigenvalue weighted by Gasteiger charge is -2.08. The van der Waals surface area contributed by atoms with Gasteiger partial charge in [0.25, 0.3) is 0 Å². The van der Waals surface area contributed by atoms with Gasteiger partial charge in [-0.25, -0.2) is 4.40 Å². The first kappa shape index (κ1) is 17.0. The van der Waals surface area contributed by atoms with Crippen LogP contribution in [0.4, 0.5) is 0 Å². The average molecular weight is 304 g/mol. The second-order valence-corrected chi connectivity index (χ2v) is 6.63. The Morgan fingerprint density at radius 3 is 2.47 bits per heavy atom. The van der Waals surface area contributed by atoms with Crippen molar-refractivity contribution in [3.63, 3.8) is 0 Å². The smallest absolute Gasteiger partial charge is 0.189 e. The monoisotopic (exact) mass is 303 g/mol. The van der Waals surface area contributed by atoms with Crippen molar-refractivity contribution in [1.29, 1.82) is 0 Å². The fourth-order valence-corrected chi connectivity index (χ4v) is 3.27. The quantitative estimate of drug-likeness (QED) is 0.299. The standard InChI is InChI=1S/C15H26ClNOS/c1-2-3-4-5-6-9-13(16)10-7-8-11-14-15(18)12-19-17-14/h13H,2-12H2,1H3. The Morgan fingerprint density at radius 1 is 1.16 bits per heavy atom. The van der Waals surface area contributed by atoms with Gasteiger partial charge in [0.2, 0.25) is 0 Å². The lowest BCUT2D eigenvalue weighted by Crippen LogP contribution is -2.10. The molecule has 1 unspecified atom stereocenters. The fraction of sp³-hybridized carbons (Fsp3) is 0.867. The van der Waals surface area contributed by atoms with Crippen molar-refractivity contribution < 1.29 is 4.79 Å². The van der Waals surface area contributed by atoms with Crippen LogP contribution < -0.4 is 0 Å². The van der Waals surface area contributed by atoms with Crippen molar-refractivity contribution in [2.45, 2.75) is 76.5 Å². The zero-order chi connectivity index (χ0) is 13.9. The summed E-state index contributed by atoms with van der Waals surface area (Å²) >= 11 is 7.70. The summed E-state index contributed by atoms with van der Waals surface area (Å²) in [5, 5.41) is 0.317. The number of Topliss-reactive ketones (excluding diaryl/α,β-unsaturated/α-hetero) is 1. The van der Waals surface area contributed by atoms with E-state index in [4.69, 9.17) is 11.6 Å². The first-order chi connectivity index (χ1) is 9.24. The highest BCUT2D eigenvalue weighted by molar-refractivity contribution is 7.99. The summed E-state index contributed by atoms with van der Waals surface area (Å²) in [7, 11) is 0. The van der Waals surface area contributed by atoms with E-state index in [2.05, 4.69) is 11.3 Å². The number of carbonyl (C=O) groups is 1. The molecule has 0 aromatic carbocycles. The van der Waals surface area contributed by atoms with Crippen molar-refractivity contribution in [3.05, 3.63) is 0 Å². The number of hydrogen-bond donors (Lipinski definition) is 0. The molecular formula is C15H26ClNOS. The van der Waals surface area contributed by atoms with Crippen molar-refractivity contribution in [1.82, 2.24) is 0 Å². The third kappa shape index (κ3) is 7.98. The van der Waals surface area contributed by atoms with Crippen molar-refractivity contribution in [2.24, 2.45) is 4.40 Å². The normalized spacial score (nSPS) is 16.7. The van der Waals surface area contributed by atoms with Gasteiger partial charge in [-0.3, -0.25) is 4.79 Å². The molecule has 1 aliphatic heterocycles. The number of unbranched alkanes of at least 4 members (excludes halogenated alkanes) is 5. The van der Waals surface area contributed by atoms with E-state index in [1.807, 2.05) is 0 Å². The topological polar surface area (TPSA) is 29.4 Å². The van der Waals surface area contributed by atoms with Gasteiger partial charge >= 0.3 is 0 Å². The van der Waals surface area contributed by atoms with Crippen LogP contribution in [0.3, 0.4) is 0 Å². The Morgan fingerprint density at radius 2 is 1.84 bits per heavy atom. The molecule has 0 radical (unpaired) electrons. The van der Waals surface area contributed by atoms with Crippen molar-refractivity contribution in [3.8, 4) is 0 Å². The van der Waals surface area contributed by atoms with Crippen LogP contribution in [0.5, 0.6) is 0 Å². The minimum Gasteiger partial charge on any atom is -0.292 e. The molecule has 0 aromatic heterocycles. The summed E-state index contributed by atoms with van der Waals surface area (Å²) in [6, 6.07) is 0. The van der Waals surface area contributed by atoms with Gasteiger partial charge in [-0.1, -0.05) is 45.4 Å². The lowest BCUT2D eigenvalue weighted by molar-refractivity contribution is -0.110. The maximum atomic E-state index is 11.4. The van der Waals surface area contributed by atoms with E-state index in [0.717, 1.165) is 37.8 Å². The number of halogens is 1. The SMILES string of the molecule is CCCCCCCC(Cl)CCCCC1=NSCC1=O. The van der Waals surface area contributed by atoms with Gasteiger partial charge in [-0.15, -0.1) is 11.6 Å². The van der Waals surface area contributed by atoms with Crippen LogP contribution in [0, 0.1) is 0 Å². The largest absolute Gasteiger partial charge is 0.292 e. The Labute approximate surface area is 126 Å². The first-order valence-corrected chi connectivity index (χ1v) is 8.98. The highest BCUT2D eigenvalue weighted by atomic mass is 35.5. The number of nitrogens with zero attached hydrogens (tertiary/aromatic N) is 1. The van der Waals surface area contributed by atoms with Crippen molar-refractivity contribution in [2.75, 3.05) is 5.75 Å². The number of ketones is 1. The molecule has 4 heteroatoms. The van der Waals surface area contributed by atoms with Crippen molar-refractivity contribution >= 4 is 35.0 Å². The van der Waals surface area contributed by atoms with Crippen LogP contribution in [0.1, 0.15) is 71.1 Å². The number of carbonyl (C=O) groups excluding carboxylic acids is 1. The van der Waals surface area contributed by atoms with Gasteiger partial charge in [0.05, 0.1) is 11.5 Å². The maximum Gasteiger partial charge on any atom is 0.189 e. The van der Waals surface area contributed by atoms with E-state index < -0.39 is 0 Å². The zero-order valence-corrected chi connectivity index (χ0v) is 13.6. The van der Waals surface area contributed by atoms with Gasteiger partial charge in [0, 0.05) is 5.38 Å². The molecule has 0 fully saturated rings. The molecular weight excluding hydrogens is 278 g/mol. The Bertz CT molecular complexity index is 294. The molecule has 0 bridgehead atoms. The zero-order valence-electron chi connectivity index (χ0n) is 12.0. The predicted molar refractivity (Wildman–Crippen MR) is 86.4 cm³/mol. The molecule has 0 N–H and O–H groups in total. The first-order valence-electron chi connectivity index (χ1n) is 7.60. The second kappa shape index (κ2) is 10.7. The molecule has 0 amide bonds. The van der Waals surface area contributed by atoms with Gasteiger partial charge in [0.15, 0.2) is 5.78 Å². The molecule has 0 spiro atoms. The van der Waals surface area contributed by atoms with E-state index in [1.165, 1.54) is 44.1 Å². The van der Waals surface area contributed by atoms with Crippen LogP contribution in [0.2, 0.25) is 0 Å². The minimum atomic E-state index is 0.225. The fourth-order valence-electron chi connectivity index (χ4n) is 2.26. The molecule has 1 atom stereocenters. The summed E-state index contributed by atoms with van der Waals surface area (Å²) in [5.74, 6) is 0.772. The Balaban J connectivity index is 1.92. The summed E-state index contributed by atoms with van der Waals surface area (Å²) in [6.45, 7) is 2.24. The summed E-state index contributed by atoms with van der Waals surface area (Å²) in [6.07, 6.45) is 11.8. The molecule has 0 aromatic rings. The Kier molecular flexibility index (Phi) is 9.62. The van der Waals surface area contributed by atoms with E-state index in [9.17, 15) is 4.79 Å². The molecule has 1 heterocycles. The van der Waals surface area contributed by atoms with E-state index in [-0.39, 0.29) is 5.78 Å². The second-order valence-electron chi connectivity index (χ2n) is 5.28. The molecule has 1 aliphatic rings. The van der Waals surface area contributed by atoms with Crippen LogP contribution >= 0.6 is 23.5 Å². The molecule has 0 saturated heterocycles. The third-order valence-electron chi connectivity index (χ3n) is 3.49. The molecule has 110 valence electrons. The molecule has 2 nitrogen and oxygen atoms in total. The van der Waals surface area contributed by atoms with E-state index >= 15 is 0 Å². The van der Waals surface area contributed by atoms with Crippen LogP contribution in [-0.2, 0) is 4.79 Å². The van der Waals surface area contributed by atoms with Crippen LogP contribution in [0.15, 0.2) is 4.40 Å². The molecule has 0 saturated carbocycles. The summed E-state index contributed by atoms with van der Waals surface area (Å²) < 4.78 is 4.16. The number of alkyl halides is 1. The highest BCUT2D eigenvalue weighted by Crippen LogP contribution is 2.19. The lowest BCUT2D eigenvalue weighted by atomic mass is 10.0. The van der Waals surface area contributed by atoms with Gasteiger partial charge in [-0.2, -0.15) is 0 Å². The van der Waals surface area contributed by atoms with E-state index in [1.54, 1.807) is 0 Å². The van der Waals surface area contributed by atoms with Crippen LogP contribution in [0.25, 0.3) is 0 Å². The van der Waals surface area contributed by atoms with Gasteiger partial charge < -0.3 is 0 Å². The third-order valence-corrected chi connectivity index (χ3v) is 4.67. The number of rotatable bonds is 11. The average Bonchev–Trinajstić information content (AvgIpc) is 2.80. The highest BCUT2D eigenvalue weighted by Gasteiger charge is 2.17. The van der Waals surface area contributed by atoms with Gasteiger partial charge in [-0.05, 0) is 37.6 Å². The van der Waals surface area contributed by atoms with Gasteiger partial charge in [0.1, 0.15) is 0 Å². The Hall–Kier alpha value is -0.0200. The predicted octanol–water partition coefficient (Wildman–Crippen LogP) is 5.19. The summed E-state index contributed by atoms with van der Waals surface area (Å²) in [4.78, 5) is 11.4. The maximum absolute atomic E-state index is 11.4. The number of hydrogen-bond acceptors (Lipinski definition) is 3. The van der Waals surface area contributed by atoms with E-state index in [0.29, 0.717) is 11.1 Å². The molecule has 19 heavy (non-hydrogen) atoms. The minimum absolute atomic E-state index is 0.225. The summed E-state index contributed by atoms with van der Waals surface area (Å²) in [5.41, 5.74) is 0.788. The molecule has 0 aliphatic carbocycles. The van der Waals surface area contributed by atoms with Crippen LogP contribution in [-0.4, -0.2) is 22.6 Å².